The fourth-order valence-corrected chi connectivity index (χ4v) is 4.24. The summed E-state index contributed by atoms with van der Waals surface area (Å²) in [5, 5.41) is 22.4. The molecule has 3 aromatic rings. The molecule has 1 amide bonds. The standard InChI is InChI=1S/C21H26N6O4Si/c1-15-18(27(29)30)11-10-17(23-15)20-19(26(25-24-20)14-32(2,3)4)12-22-21(28)31-13-16-8-6-5-7-9-16/h5-11H,12-14H2,1-4H3,(H,22,28). The maximum absolute atomic E-state index is 12.3. The molecule has 11 heteroatoms. The Labute approximate surface area is 186 Å². The molecule has 0 spiro atoms. The quantitative estimate of drug-likeness (QED) is 0.311. The molecule has 0 atom stereocenters. The summed E-state index contributed by atoms with van der Waals surface area (Å²) in [5.74, 6) is 0. The highest BCUT2D eigenvalue weighted by Crippen LogP contribution is 2.24. The summed E-state index contributed by atoms with van der Waals surface area (Å²) in [5.41, 5.74) is 2.72. The molecule has 0 saturated carbocycles. The van der Waals surface area contributed by atoms with Gasteiger partial charge in [0, 0.05) is 12.2 Å². The van der Waals surface area contributed by atoms with Gasteiger partial charge in [-0.3, -0.25) is 10.1 Å². The number of nitrogens with zero attached hydrogens (tertiary/aromatic N) is 5. The average Bonchev–Trinajstić information content (AvgIpc) is 3.11. The molecule has 0 radical (unpaired) electrons. The summed E-state index contributed by atoms with van der Waals surface area (Å²) in [6.45, 7) is 8.48. The Kier molecular flexibility index (Phi) is 6.98. The van der Waals surface area contributed by atoms with E-state index in [9.17, 15) is 14.9 Å². The van der Waals surface area contributed by atoms with Crippen LogP contribution in [-0.4, -0.2) is 39.1 Å². The Morgan fingerprint density at radius 1 is 1.19 bits per heavy atom. The van der Waals surface area contributed by atoms with Gasteiger partial charge in [0.05, 0.1) is 30.9 Å². The number of hydrogen-bond acceptors (Lipinski definition) is 7. The minimum Gasteiger partial charge on any atom is -0.445 e. The molecular weight excluding hydrogens is 428 g/mol. The highest BCUT2D eigenvalue weighted by atomic mass is 28.3. The zero-order chi connectivity index (χ0) is 23.3. The Bertz CT molecular complexity index is 1110. The van der Waals surface area contributed by atoms with Crippen LogP contribution in [0.3, 0.4) is 0 Å². The average molecular weight is 455 g/mol. The lowest BCUT2D eigenvalue weighted by molar-refractivity contribution is -0.385. The molecule has 0 aliphatic heterocycles. The lowest BCUT2D eigenvalue weighted by atomic mass is 10.2. The lowest BCUT2D eigenvalue weighted by Crippen LogP contribution is -2.31. The zero-order valence-electron chi connectivity index (χ0n) is 18.5. The van der Waals surface area contributed by atoms with E-state index in [0.717, 1.165) is 5.56 Å². The fourth-order valence-electron chi connectivity index (χ4n) is 3.09. The largest absolute Gasteiger partial charge is 0.445 e. The molecule has 2 aromatic heterocycles. The van der Waals surface area contributed by atoms with Crippen LogP contribution >= 0.6 is 0 Å². The van der Waals surface area contributed by atoms with Gasteiger partial charge < -0.3 is 10.1 Å². The van der Waals surface area contributed by atoms with Crippen LogP contribution in [0.4, 0.5) is 10.5 Å². The van der Waals surface area contributed by atoms with E-state index in [0.29, 0.717) is 23.2 Å². The number of carbonyl (C=O) groups is 1. The summed E-state index contributed by atoms with van der Waals surface area (Å²) < 4.78 is 7.07. The van der Waals surface area contributed by atoms with Crippen molar-refractivity contribution in [2.45, 2.75) is 45.9 Å². The summed E-state index contributed by atoms with van der Waals surface area (Å²) in [4.78, 5) is 27.3. The van der Waals surface area contributed by atoms with E-state index >= 15 is 0 Å². The molecule has 0 fully saturated rings. The molecule has 0 bridgehead atoms. The minimum absolute atomic E-state index is 0.0626. The number of alkyl carbamates (subject to hydrolysis) is 1. The van der Waals surface area contributed by atoms with Gasteiger partial charge in [-0.2, -0.15) is 0 Å². The molecule has 1 N–H and O–H groups in total. The predicted octanol–water partition coefficient (Wildman–Crippen LogP) is 3.86. The highest BCUT2D eigenvalue weighted by molar-refractivity contribution is 6.74. The maximum Gasteiger partial charge on any atom is 0.407 e. The van der Waals surface area contributed by atoms with Crippen molar-refractivity contribution in [2.24, 2.45) is 0 Å². The number of ether oxygens (including phenoxy) is 1. The van der Waals surface area contributed by atoms with Crippen molar-refractivity contribution in [1.29, 1.82) is 0 Å². The predicted molar refractivity (Wildman–Crippen MR) is 121 cm³/mol. The van der Waals surface area contributed by atoms with Crippen LogP contribution in [0.5, 0.6) is 0 Å². The van der Waals surface area contributed by atoms with Crippen LogP contribution in [-0.2, 0) is 24.1 Å². The van der Waals surface area contributed by atoms with Gasteiger partial charge in [-0.1, -0.05) is 55.2 Å². The number of benzene rings is 1. The van der Waals surface area contributed by atoms with Crippen molar-refractivity contribution >= 4 is 19.9 Å². The van der Waals surface area contributed by atoms with E-state index in [2.05, 4.69) is 40.3 Å². The van der Waals surface area contributed by atoms with Crippen LogP contribution < -0.4 is 5.32 Å². The number of nitrogens with one attached hydrogen (secondary N) is 1. The molecular formula is C21H26N6O4Si. The topological polar surface area (TPSA) is 125 Å². The van der Waals surface area contributed by atoms with E-state index < -0.39 is 19.1 Å². The second kappa shape index (κ2) is 9.69. The van der Waals surface area contributed by atoms with Gasteiger partial charge >= 0.3 is 6.09 Å². The number of carbonyl (C=O) groups excluding carboxylic acids is 1. The summed E-state index contributed by atoms with van der Waals surface area (Å²) >= 11 is 0. The van der Waals surface area contributed by atoms with E-state index in [1.54, 1.807) is 17.7 Å². The monoisotopic (exact) mass is 454 g/mol. The second-order valence-electron chi connectivity index (χ2n) is 8.58. The number of hydrogen-bond donors (Lipinski definition) is 1. The highest BCUT2D eigenvalue weighted by Gasteiger charge is 2.23. The first kappa shape index (κ1) is 23.1. The summed E-state index contributed by atoms with van der Waals surface area (Å²) in [7, 11) is -1.56. The SMILES string of the molecule is Cc1nc(-c2nnn(C[Si](C)(C)C)c2CNC(=O)OCc2ccccc2)ccc1[N+](=O)[O-]. The van der Waals surface area contributed by atoms with E-state index in [1.165, 1.54) is 6.07 Å². The first-order chi connectivity index (χ1) is 15.1. The second-order valence-corrected chi connectivity index (χ2v) is 14.0. The number of nitro groups is 1. The molecule has 0 unspecified atom stereocenters. The molecule has 1 aromatic carbocycles. The van der Waals surface area contributed by atoms with Crippen molar-refractivity contribution in [3.05, 3.63) is 69.5 Å². The van der Waals surface area contributed by atoms with Crippen LogP contribution in [0.25, 0.3) is 11.4 Å². The Morgan fingerprint density at radius 3 is 2.53 bits per heavy atom. The van der Waals surface area contributed by atoms with Gasteiger partial charge in [-0.25, -0.2) is 14.5 Å². The van der Waals surface area contributed by atoms with Gasteiger partial charge in [0.15, 0.2) is 0 Å². The first-order valence-corrected chi connectivity index (χ1v) is 13.8. The van der Waals surface area contributed by atoms with Crippen LogP contribution in [0.2, 0.25) is 19.6 Å². The molecule has 0 aliphatic rings. The van der Waals surface area contributed by atoms with Crippen LogP contribution in [0.1, 0.15) is 17.0 Å². The molecule has 168 valence electrons. The Morgan fingerprint density at radius 2 is 1.91 bits per heavy atom. The van der Waals surface area contributed by atoms with E-state index in [4.69, 9.17) is 4.74 Å². The van der Waals surface area contributed by atoms with Crippen molar-refractivity contribution in [3.8, 4) is 11.4 Å². The van der Waals surface area contributed by atoms with Crippen molar-refractivity contribution in [1.82, 2.24) is 25.3 Å². The number of amides is 1. The van der Waals surface area contributed by atoms with Crippen LogP contribution in [0, 0.1) is 17.0 Å². The zero-order valence-corrected chi connectivity index (χ0v) is 19.5. The smallest absolute Gasteiger partial charge is 0.407 e. The molecule has 0 saturated heterocycles. The van der Waals surface area contributed by atoms with E-state index in [-0.39, 0.29) is 24.5 Å². The molecule has 3 rings (SSSR count). The van der Waals surface area contributed by atoms with E-state index in [1.807, 2.05) is 30.3 Å². The molecule has 32 heavy (non-hydrogen) atoms. The maximum atomic E-state index is 12.3. The van der Waals surface area contributed by atoms with Gasteiger partial charge in [-0.05, 0) is 18.6 Å². The molecule has 10 nitrogen and oxygen atoms in total. The van der Waals surface area contributed by atoms with Gasteiger partial charge in [0.1, 0.15) is 18.0 Å². The third-order valence-electron chi connectivity index (χ3n) is 4.57. The van der Waals surface area contributed by atoms with Gasteiger partial charge in [-0.15, -0.1) is 5.10 Å². The van der Waals surface area contributed by atoms with Gasteiger partial charge in [0.2, 0.25) is 0 Å². The van der Waals surface area contributed by atoms with Crippen molar-refractivity contribution in [2.75, 3.05) is 0 Å². The number of aryl methyl sites for hydroxylation is 1. The Hall–Kier alpha value is -3.60. The number of pyridine rings is 1. The Balaban J connectivity index is 1.81. The van der Waals surface area contributed by atoms with Crippen LogP contribution in [0.15, 0.2) is 42.5 Å². The van der Waals surface area contributed by atoms with Gasteiger partial charge in [0.25, 0.3) is 5.69 Å². The minimum atomic E-state index is -1.56. The summed E-state index contributed by atoms with van der Waals surface area (Å²) in [6.07, 6.45) is 0.135. The molecule has 2 heterocycles. The summed E-state index contributed by atoms with van der Waals surface area (Å²) in [6, 6.07) is 12.4. The molecule has 0 aliphatic carbocycles. The third-order valence-corrected chi connectivity index (χ3v) is 5.82. The number of rotatable bonds is 8. The van der Waals surface area contributed by atoms with Crippen molar-refractivity contribution < 1.29 is 14.5 Å². The number of aromatic nitrogens is 4. The first-order valence-electron chi connectivity index (χ1n) is 10.1. The normalized spacial score (nSPS) is 11.2. The lowest BCUT2D eigenvalue weighted by Gasteiger charge is -2.17. The fraction of sp³-hybridized carbons (Fsp3) is 0.333. The third kappa shape index (κ3) is 5.97. The van der Waals surface area contributed by atoms with Crippen molar-refractivity contribution in [3.63, 3.8) is 0 Å².